The van der Waals surface area contributed by atoms with E-state index in [9.17, 15) is 0 Å². The molecule has 0 amide bonds. The van der Waals surface area contributed by atoms with Gasteiger partial charge in [0, 0.05) is 10.1 Å². The Bertz CT molecular complexity index is 364. The van der Waals surface area contributed by atoms with Crippen LogP contribution >= 0.6 is 11.8 Å². The van der Waals surface area contributed by atoms with Gasteiger partial charge in [0.05, 0.1) is 0 Å². The second kappa shape index (κ2) is 4.67. The molecule has 1 heteroatoms. The van der Waals surface area contributed by atoms with Crippen molar-refractivity contribution in [2.45, 2.75) is 43.3 Å². The van der Waals surface area contributed by atoms with E-state index in [1.807, 2.05) is 11.8 Å². The lowest BCUT2D eigenvalue weighted by Gasteiger charge is -2.39. The first-order valence-corrected chi connectivity index (χ1v) is 6.87. The normalized spacial score (nSPS) is 24.4. The van der Waals surface area contributed by atoms with Crippen LogP contribution in [0.5, 0.6) is 0 Å². The summed E-state index contributed by atoms with van der Waals surface area (Å²) in [5.41, 5.74) is 1.81. The Hall–Kier alpha value is -0.690. The lowest BCUT2D eigenvalue weighted by atomic mass is 9.75. The molecule has 86 valence electrons. The summed E-state index contributed by atoms with van der Waals surface area (Å²) in [5, 5.41) is 0.573. The predicted molar refractivity (Wildman–Crippen MR) is 72.9 cm³/mol. The highest BCUT2D eigenvalue weighted by Gasteiger charge is 2.35. The van der Waals surface area contributed by atoms with E-state index in [4.69, 9.17) is 0 Å². The van der Waals surface area contributed by atoms with Crippen molar-refractivity contribution >= 4 is 11.8 Å². The molecule has 0 aromatic heterocycles. The van der Waals surface area contributed by atoms with Crippen LogP contribution in [0.15, 0.2) is 47.4 Å². The van der Waals surface area contributed by atoms with Crippen molar-refractivity contribution < 1.29 is 0 Å². The Morgan fingerprint density at radius 2 is 1.94 bits per heavy atom. The van der Waals surface area contributed by atoms with E-state index in [1.54, 1.807) is 0 Å². The van der Waals surface area contributed by atoms with Gasteiger partial charge in [0.1, 0.15) is 0 Å². The van der Waals surface area contributed by atoms with Gasteiger partial charge in [-0.15, -0.1) is 11.8 Å². The molecule has 0 radical (unpaired) electrons. The molecule has 2 rings (SSSR count). The number of hydrogen-bond acceptors (Lipinski definition) is 1. The molecule has 0 unspecified atom stereocenters. The zero-order valence-electron chi connectivity index (χ0n) is 10.2. The summed E-state index contributed by atoms with van der Waals surface area (Å²) < 4.78 is 0. The Morgan fingerprint density at radius 1 is 1.25 bits per heavy atom. The van der Waals surface area contributed by atoms with Gasteiger partial charge in [0.2, 0.25) is 0 Å². The molecule has 0 aliphatic heterocycles. The average Bonchev–Trinajstić information content (AvgIpc) is 2.25. The minimum Gasteiger partial charge on any atom is -0.118 e. The minimum atomic E-state index is 0.385. The highest BCUT2D eigenvalue weighted by Crippen LogP contribution is 2.47. The van der Waals surface area contributed by atoms with Gasteiger partial charge in [-0.1, -0.05) is 44.2 Å². The van der Waals surface area contributed by atoms with Crippen molar-refractivity contribution in [1.29, 1.82) is 0 Å². The maximum atomic E-state index is 4.27. The third-order valence-corrected chi connectivity index (χ3v) is 5.15. The first kappa shape index (κ1) is 11.8. The number of benzene rings is 1. The van der Waals surface area contributed by atoms with Crippen molar-refractivity contribution in [1.82, 2.24) is 0 Å². The standard InChI is InChI=1S/C15H20S/c1-12-8-7-11-15(2,3)14(12)16-13-9-5-4-6-10-13/h4-6,9-10,14H,1,7-8,11H2,2-3H3/t14-/m0/s1. The average molecular weight is 232 g/mol. The maximum Gasteiger partial charge on any atom is 0.0352 e. The number of hydrogen-bond donors (Lipinski definition) is 0. The van der Waals surface area contributed by atoms with E-state index >= 15 is 0 Å². The van der Waals surface area contributed by atoms with E-state index in [0.717, 1.165) is 0 Å². The highest BCUT2D eigenvalue weighted by atomic mass is 32.2. The summed E-state index contributed by atoms with van der Waals surface area (Å²) in [6, 6.07) is 10.7. The topological polar surface area (TPSA) is 0 Å². The van der Waals surface area contributed by atoms with Gasteiger partial charge in [-0.25, -0.2) is 0 Å². The molecular formula is C15H20S. The molecule has 0 nitrogen and oxygen atoms in total. The van der Waals surface area contributed by atoms with Crippen LogP contribution in [0.2, 0.25) is 0 Å². The summed E-state index contributed by atoms with van der Waals surface area (Å²) in [4.78, 5) is 1.36. The molecule has 0 bridgehead atoms. The van der Waals surface area contributed by atoms with Crippen molar-refractivity contribution in [3.8, 4) is 0 Å². The zero-order chi connectivity index (χ0) is 11.6. The molecule has 1 aliphatic carbocycles. The predicted octanol–water partition coefficient (Wildman–Crippen LogP) is 4.91. The number of thioether (sulfide) groups is 1. The van der Waals surface area contributed by atoms with Crippen LogP contribution < -0.4 is 0 Å². The van der Waals surface area contributed by atoms with Crippen LogP contribution in [0.4, 0.5) is 0 Å². The zero-order valence-corrected chi connectivity index (χ0v) is 11.0. The third-order valence-electron chi connectivity index (χ3n) is 3.40. The Balaban J connectivity index is 2.15. The van der Waals surface area contributed by atoms with Gasteiger partial charge in [-0.2, -0.15) is 0 Å². The van der Waals surface area contributed by atoms with Crippen LogP contribution in [0.1, 0.15) is 33.1 Å². The van der Waals surface area contributed by atoms with E-state index in [2.05, 4.69) is 50.8 Å². The largest absolute Gasteiger partial charge is 0.118 e. The molecular weight excluding hydrogens is 212 g/mol. The van der Waals surface area contributed by atoms with Gasteiger partial charge < -0.3 is 0 Å². The molecule has 1 saturated carbocycles. The van der Waals surface area contributed by atoms with Crippen LogP contribution in [0.25, 0.3) is 0 Å². The molecule has 0 saturated heterocycles. The minimum absolute atomic E-state index is 0.385. The van der Waals surface area contributed by atoms with Crippen molar-refractivity contribution in [3.05, 3.63) is 42.5 Å². The molecule has 1 aromatic rings. The third kappa shape index (κ3) is 2.52. The summed E-state index contributed by atoms with van der Waals surface area (Å²) in [5.74, 6) is 0. The van der Waals surface area contributed by atoms with Gasteiger partial charge >= 0.3 is 0 Å². The van der Waals surface area contributed by atoms with Crippen molar-refractivity contribution in [2.24, 2.45) is 5.41 Å². The fourth-order valence-electron chi connectivity index (χ4n) is 2.46. The highest BCUT2D eigenvalue weighted by molar-refractivity contribution is 8.00. The van der Waals surface area contributed by atoms with Crippen LogP contribution in [-0.4, -0.2) is 5.25 Å². The fourth-order valence-corrected chi connectivity index (χ4v) is 3.77. The lowest BCUT2D eigenvalue weighted by molar-refractivity contribution is 0.300. The van der Waals surface area contributed by atoms with E-state index in [-0.39, 0.29) is 0 Å². The molecule has 0 spiro atoms. The summed E-state index contributed by atoms with van der Waals surface area (Å²) in [6.07, 6.45) is 3.82. The second-order valence-electron chi connectivity index (χ2n) is 5.31. The molecule has 1 aromatic carbocycles. The lowest BCUT2D eigenvalue weighted by Crippen LogP contribution is -2.31. The SMILES string of the molecule is C=C1CCCC(C)(C)[C@H]1Sc1ccccc1. The fraction of sp³-hybridized carbons (Fsp3) is 0.467. The molecule has 0 heterocycles. The van der Waals surface area contributed by atoms with Crippen LogP contribution in [0.3, 0.4) is 0 Å². The first-order chi connectivity index (χ1) is 7.59. The van der Waals surface area contributed by atoms with E-state index in [0.29, 0.717) is 10.7 Å². The number of rotatable bonds is 2. The molecule has 1 fully saturated rings. The molecule has 1 atom stereocenters. The molecule has 0 N–H and O–H groups in total. The Kier molecular flexibility index (Phi) is 3.44. The van der Waals surface area contributed by atoms with Crippen molar-refractivity contribution in [2.75, 3.05) is 0 Å². The van der Waals surface area contributed by atoms with Gasteiger partial charge in [0.25, 0.3) is 0 Å². The first-order valence-electron chi connectivity index (χ1n) is 5.99. The maximum absolute atomic E-state index is 4.27. The summed E-state index contributed by atoms with van der Waals surface area (Å²) in [7, 11) is 0. The Labute approximate surface area is 103 Å². The van der Waals surface area contributed by atoms with Crippen LogP contribution in [-0.2, 0) is 0 Å². The van der Waals surface area contributed by atoms with Gasteiger partial charge in [0.15, 0.2) is 0 Å². The molecule has 1 aliphatic rings. The van der Waals surface area contributed by atoms with Crippen LogP contribution in [0, 0.1) is 5.41 Å². The molecule has 16 heavy (non-hydrogen) atoms. The summed E-state index contributed by atoms with van der Waals surface area (Å²) in [6.45, 7) is 9.01. The van der Waals surface area contributed by atoms with Gasteiger partial charge in [-0.3, -0.25) is 0 Å². The smallest absolute Gasteiger partial charge is 0.0352 e. The monoisotopic (exact) mass is 232 g/mol. The van der Waals surface area contributed by atoms with Gasteiger partial charge in [-0.05, 0) is 36.8 Å². The summed E-state index contributed by atoms with van der Waals surface area (Å²) >= 11 is 1.98. The van der Waals surface area contributed by atoms with E-state index < -0.39 is 0 Å². The second-order valence-corrected chi connectivity index (χ2v) is 6.49. The quantitative estimate of drug-likeness (QED) is 0.653. The van der Waals surface area contributed by atoms with Crippen molar-refractivity contribution in [3.63, 3.8) is 0 Å². The van der Waals surface area contributed by atoms with E-state index in [1.165, 1.54) is 29.7 Å². The Morgan fingerprint density at radius 3 is 2.56 bits per heavy atom.